The summed E-state index contributed by atoms with van der Waals surface area (Å²) in [4.78, 5) is 11.1. The van der Waals surface area contributed by atoms with Gasteiger partial charge in [-0.15, -0.1) is 0 Å². The van der Waals surface area contributed by atoms with Crippen LogP contribution in [0.2, 0.25) is 0 Å². The molecule has 0 bridgehead atoms. The number of hydrogen-bond donors (Lipinski definition) is 1. The van der Waals surface area contributed by atoms with E-state index in [2.05, 4.69) is 0 Å². The molecule has 4 nitrogen and oxygen atoms in total. The van der Waals surface area contributed by atoms with Crippen molar-refractivity contribution >= 4 is 6.16 Å². The van der Waals surface area contributed by atoms with Crippen molar-refractivity contribution in [1.82, 2.24) is 0 Å². The second-order valence-corrected chi connectivity index (χ2v) is 4.07. The van der Waals surface area contributed by atoms with Crippen LogP contribution in [0.15, 0.2) is 0 Å². The number of rotatable bonds is 2. The third-order valence-corrected chi connectivity index (χ3v) is 2.31. The minimum Gasteiger partial charge on any atom is -0.432 e. The Balaban J connectivity index is 2.20. The average Bonchev–Trinajstić information content (AvgIpc) is 2.07. The van der Waals surface area contributed by atoms with Crippen molar-refractivity contribution in [3.63, 3.8) is 0 Å². The molecule has 0 heterocycles. The molecule has 82 valence electrons. The fourth-order valence-electron chi connectivity index (χ4n) is 1.56. The van der Waals surface area contributed by atoms with Crippen molar-refractivity contribution < 1.29 is 14.3 Å². The van der Waals surface area contributed by atoms with Crippen molar-refractivity contribution in [2.24, 2.45) is 5.73 Å². The quantitative estimate of drug-likeness (QED) is 0.692. The van der Waals surface area contributed by atoms with Crippen LogP contribution in [0.25, 0.3) is 0 Å². The molecular weight excluding hydrogens is 182 g/mol. The number of carbonyl (C=O) groups is 1. The predicted molar refractivity (Wildman–Crippen MR) is 52.9 cm³/mol. The SMILES string of the molecule is CC(C)OC(=O)OC1CCC(N)CC1. The topological polar surface area (TPSA) is 61.5 Å². The maximum atomic E-state index is 11.1. The molecule has 2 N–H and O–H groups in total. The summed E-state index contributed by atoms with van der Waals surface area (Å²) < 4.78 is 10.0. The molecule has 0 atom stereocenters. The van der Waals surface area contributed by atoms with Gasteiger partial charge in [0.15, 0.2) is 0 Å². The smallest absolute Gasteiger partial charge is 0.432 e. The van der Waals surface area contributed by atoms with Gasteiger partial charge in [-0.05, 0) is 39.5 Å². The molecule has 1 saturated carbocycles. The number of nitrogens with two attached hydrogens (primary N) is 1. The molecule has 0 radical (unpaired) electrons. The highest BCUT2D eigenvalue weighted by atomic mass is 16.7. The average molecular weight is 201 g/mol. The van der Waals surface area contributed by atoms with Crippen molar-refractivity contribution in [3.05, 3.63) is 0 Å². The second-order valence-electron chi connectivity index (χ2n) is 4.07. The van der Waals surface area contributed by atoms with Crippen LogP contribution in [0.5, 0.6) is 0 Å². The first-order chi connectivity index (χ1) is 6.58. The molecule has 1 rings (SSSR count). The Morgan fingerprint density at radius 1 is 1.29 bits per heavy atom. The summed E-state index contributed by atoms with van der Waals surface area (Å²) >= 11 is 0. The van der Waals surface area contributed by atoms with Crippen LogP contribution < -0.4 is 5.73 Å². The standard InChI is InChI=1S/C10H19NO3/c1-7(2)13-10(12)14-9-5-3-8(11)4-6-9/h7-9H,3-6,11H2,1-2H3. The molecule has 0 unspecified atom stereocenters. The number of hydrogen-bond acceptors (Lipinski definition) is 4. The van der Waals surface area contributed by atoms with Gasteiger partial charge >= 0.3 is 6.16 Å². The Bertz CT molecular complexity index is 186. The molecule has 1 aliphatic rings. The van der Waals surface area contributed by atoms with Gasteiger partial charge in [0.05, 0.1) is 6.10 Å². The highest BCUT2D eigenvalue weighted by Crippen LogP contribution is 2.20. The Hall–Kier alpha value is -0.770. The summed E-state index contributed by atoms with van der Waals surface area (Å²) in [5.41, 5.74) is 5.74. The van der Waals surface area contributed by atoms with Gasteiger partial charge in [0, 0.05) is 6.04 Å². The summed E-state index contributed by atoms with van der Waals surface area (Å²) in [5.74, 6) is 0. The van der Waals surface area contributed by atoms with Gasteiger partial charge in [0.2, 0.25) is 0 Å². The third-order valence-electron chi connectivity index (χ3n) is 2.31. The van der Waals surface area contributed by atoms with E-state index >= 15 is 0 Å². The predicted octanol–water partition coefficient (Wildman–Crippen LogP) is 1.82. The van der Waals surface area contributed by atoms with Gasteiger partial charge in [0.25, 0.3) is 0 Å². The molecule has 0 aromatic carbocycles. The van der Waals surface area contributed by atoms with E-state index in [-0.39, 0.29) is 18.2 Å². The Morgan fingerprint density at radius 3 is 2.36 bits per heavy atom. The molecule has 0 aromatic rings. The van der Waals surface area contributed by atoms with Gasteiger partial charge in [-0.1, -0.05) is 0 Å². The molecule has 4 heteroatoms. The van der Waals surface area contributed by atoms with Gasteiger partial charge in [-0.25, -0.2) is 4.79 Å². The van der Waals surface area contributed by atoms with E-state index in [4.69, 9.17) is 15.2 Å². The van der Waals surface area contributed by atoms with Gasteiger partial charge in [-0.2, -0.15) is 0 Å². The molecule has 14 heavy (non-hydrogen) atoms. The zero-order valence-corrected chi connectivity index (χ0v) is 8.86. The lowest BCUT2D eigenvalue weighted by Gasteiger charge is -2.25. The summed E-state index contributed by atoms with van der Waals surface area (Å²) in [6.07, 6.45) is 2.90. The molecule has 0 spiro atoms. The molecule has 0 aromatic heterocycles. The van der Waals surface area contributed by atoms with Crippen LogP contribution >= 0.6 is 0 Å². The fourth-order valence-corrected chi connectivity index (χ4v) is 1.56. The van der Waals surface area contributed by atoms with Crippen LogP contribution in [0.3, 0.4) is 0 Å². The summed E-state index contributed by atoms with van der Waals surface area (Å²) in [5, 5.41) is 0. The summed E-state index contributed by atoms with van der Waals surface area (Å²) in [6, 6.07) is 0.274. The Labute approximate surface area is 84.7 Å². The number of ether oxygens (including phenoxy) is 2. The summed E-state index contributed by atoms with van der Waals surface area (Å²) in [6.45, 7) is 3.61. The van der Waals surface area contributed by atoms with Gasteiger partial charge in [0.1, 0.15) is 6.10 Å². The van der Waals surface area contributed by atoms with Crippen LogP contribution in [0.4, 0.5) is 4.79 Å². The molecule has 0 saturated heterocycles. The molecule has 1 fully saturated rings. The molecule has 1 aliphatic carbocycles. The largest absolute Gasteiger partial charge is 0.508 e. The zero-order valence-electron chi connectivity index (χ0n) is 8.86. The minimum absolute atomic E-state index is 0.000972. The van der Waals surface area contributed by atoms with Crippen molar-refractivity contribution in [2.45, 2.75) is 57.8 Å². The van der Waals surface area contributed by atoms with E-state index in [1.54, 1.807) is 13.8 Å². The first-order valence-corrected chi connectivity index (χ1v) is 5.20. The highest BCUT2D eigenvalue weighted by Gasteiger charge is 2.22. The second kappa shape index (κ2) is 5.20. The Kier molecular flexibility index (Phi) is 4.20. The van der Waals surface area contributed by atoms with Crippen LogP contribution in [0, 0.1) is 0 Å². The van der Waals surface area contributed by atoms with E-state index in [0.717, 1.165) is 25.7 Å². The molecule has 0 amide bonds. The Morgan fingerprint density at radius 2 is 1.86 bits per heavy atom. The van der Waals surface area contributed by atoms with E-state index in [1.165, 1.54) is 0 Å². The summed E-state index contributed by atoms with van der Waals surface area (Å²) in [7, 11) is 0. The van der Waals surface area contributed by atoms with E-state index in [1.807, 2.05) is 0 Å². The van der Waals surface area contributed by atoms with E-state index in [0.29, 0.717) is 0 Å². The van der Waals surface area contributed by atoms with E-state index in [9.17, 15) is 4.79 Å². The van der Waals surface area contributed by atoms with Crippen LogP contribution in [-0.4, -0.2) is 24.4 Å². The minimum atomic E-state index is -0.555. The van der Waals surface area contributed by atoms with Gasteiger partial charge in [-0.3, -0.25) is 0 Å². The lowest BCUT2D eigenvalue weighted by atomic mass is 9.94. The number of carbonyl (C=O) groups excluding carboxylic acids is 1. The zero-order chi connectivity index (χ0) is 10.6. The monoisotopic (exact) mass is 201 g/mol. The van der Waals surface area contributed by atoms with Crippen molar-refractivity contribution in [1.29, 1.82) is 0 Å². The molecular formula is C10H19NO3. The van der Waals surface area contributed by atoms with Gasteiger partial charge < -0.3 is 15.2 Å². The fraction of sp³-hybridized carbons (Fsp3) is 0.900. The first-order valence-electron chi connectivity index (χ1n) is 5.20. The third kappa shape index (κ3) is 3.96. The molecule has 0 aliphatic heterocycles. The maximum absolute atomic E-state index is 11.1. The van der Waals surface area contributed by atoms with E-state index < -0.39 is 6.16 Å². The lowest BCUT2D eigenvalue weighted by molar-refractivity contribution is -0.00452. The van der Waals surface area contributed by atoms with Crippen LogP contribution in [-0.2, 0) is 9.47 Å². The lowest BCUT2D eigenvalue weighted by Crippen LogP contribution is -2.32. The normalized spacial score (nSPS) is 27.4. The highest BCUT2D eigenvalue weighted by molar-refractivity contribution is 5.60. The van der Waals surface area contributed by atoms with Crippen LogP contribution in [0.1, 0.15) is 39.5 Å². The first kappa shape index (κ1) is 11.3. The van der Waals surface area contributed by atoms with Crippen molar-refractivity contribution in [3.8, 4) is 0 Å². The maximum Gasteiger partial charge on any atom is 0.508 e. The van der Waals surface area contributed by atoms with Crippen molar-refractivity contribution in [2.75, 3.05) is 0 Å².